The number of hydrogen-bond acceptors (Lipinski definition) is 5. The van der Waals surface area contributed by atoms with Gasteiger partial charge in [-0.2, -0.15) is 9.38 Å². The standard InChI is InChI=1S/C12H13N5O3/c13-10(18)8-4-6-15(7-8)11-12(17(19)20)16-5-2-1-3-9(16)14-11/h1-3,5,8H,4,6-7H2,(H2,13,18). The molecule has 1 atom stereocenters. The Kier molecular flexibility index (Phi) is 2.78. The fourth-order valence-electron chi connectivity index (χ4n) is 2.54. The van der Waals surface area contributed by atoms with Crippen molar-refractivity contribution in [3.05, 3.63) is 34.5 Å². The van der Waals surface area contributed by atoms with Crippen LogP contribution in [0.15, 0.2) is 24.4 Å². The maximum absolute atomic E-state index is 11.3. The van der Waals surface area contributed by atoms with Crippen LogP contribution in [0.4, 0.5) is 11.6 Å². The first-order valence-electron chi connectivity index (χ1n) is 6.23. The summed E-state index contributed by atoms with van der Waals surface area (Å²) in [6, 6.07) is 5.19. The fourth-order valence-corrected chi connectivity index (χ4v) is 2.54. The van der Waals surface area contributed by atoms with Crippen molar-refractivity contribution in [2.24, 2.45) is 11.7 Å². The molecule has 1 aliphatic heterocycles. The zero-order valence-corrected chi connectivity index (χ0v) is 10.6. The molecule has 2 N–H and O–H groups in total. The van der Waals surface area contributed by atoms with Gasteiger partial charge in [-0.25, -0.2) is 0 Å². The monoisotopic (exact) mass is 275 g/mol. The van der Waals surface area contributed by atoms with Gasteiger partial charge in [-0.1, -0.05) is 6.07 Å². The highest BCUT2D eigenvalue weighted by Crippen LogP contribution is 2.32. The van der Waals surface area contributed by atoms with Crippen molar-refractivity contribution in [2.75, 3.05) is 18.0 Å². The molecule has 104 valence electrons. The number of carbonyl (C=O) groups is 1. The molecule has 3 rings (SSSR count). The van der Waals surface area contributed by atoms with Crippen LogP contribution in [0.1, 0.15) is 6.42 Å². The van der Waals surface area contributed by atoms with Gasteiger partial charge in [0.1, 0.15) is 0 Å². The number of carbonyl (C=O) groups excluding carboxylic acids is 1. The summed E-state index contributed by atoms with van der Waals surface area (Å²) in [5, 5.41) is 11.3. The van der Waals surface area contributed by atoms with Gasteiger partial charge in [0.2, 0.25) is 17.4 Å². The molecular formula is C12H13N5O3. The highest BCUT2D eigenvalue weighted by molar-refractivity contribution is 5.78. The molecule has 0 aromatic carbocycles. The van der Waals surface area contributed by atoms with E-state index in [9.17, 15) is 14.9 Å². The summed E-state index contributed by atoms with van der Waals surface area (Å²) in [5.74, 6) is -0.436. The summed E-state index contributed by atoms with van der Waals surface area (Å²) < 4.78 is 1.44. The second kappa shape index (κ2) is 4.48. The summed E-state index contributed by atoms with van der Waals surface area (Å²) in [4.78, 5) is 28.1. The van der Waals surface area contributed by atoms with Crippen LogP contribution in [0.2, 0.25) is 0 Å². The Morgan fingerprint density at radius 1 is 1.50 bits per heavy atom. The molecule has 8 nitrogen and oxygen atoms in total. The maximum atomic E-state index is 11.3. The van der Waals surface area contributed by atoms with Gasteiger partial charge in [0.05, 0.1) is 12.1 Å². The number of anilines is 1. The summed E-state index contributed by atoms with van der Waals surface area (Å²) in [7, 11) is 0. The Bertz CT molecular complexity index is 695. The van der Waals surface area contributed by atoms with Crippen molar-refractivity contribution in [3.63, 3.8) is 0 Å². The Morgan fingerprint density at radius 3 is 2.95 bits per heavy atom. The third-order valence-electron chi connectivity index (χ3n) is 3.55. The number of nitrogens with two attached hydrogens (primary N) is 1. The third kappa shape index (κ3) is 1.85. The second-order valence-electron chi connectivity index (χ2n) is 4.78. The van der Waals surface area contributed by atoms with Gasteiger partial charge in [0.25, 0.3) is 0 Å². The molecule has 0 bridgehead atoms. The number of nitro groups is 1. The lowest BCUT2D eigenvalue weighted by atomic mass is 10.1. The van der Waals surface area contributed by atoms with Crippen LogP contribution in [0.3, 0.4) is 0 Å². The maximum Gasteiger partial charge on any atom is 0.372 e. The van der Waals surface area contributed by atoms with Crippen LogP contribution in [0.5, 0.6) is 0 Å². The van der Waals surface area contributed by atoms with Gasteiger partial charge in [0.15, 0.2) is 0 Å². The smallest absolute Gasteiger partial charge is 0.369 e. The summed E-state index contributed by atoms with van der Waals surface area (Å²) in [5.41, 5.74) is 5.80. The highest BCUT2D eigenvalue weighted by Gasteiger charge is 2.33. The highest BCUT2D eigenvalue weighted by atomic mass is 16.6. The van der Waals surface area contributed by atoms with Crippen LogP contribution >= 0.6 is 0 Å². The van der Waals surface area contributed by atoms with Gasteiger partial charge in [-0.15, -0.1) is 0 Å². The summed E-state index contributed by atoms with van der Waals surface area (Å²) in [6.45, 7) is 0.915. The zero-order valence-electron chi connectivity index (χ0n) is 10.6. The molecule has 2 aromatic rings. The SMILES string of the molecule is NC(=O)C1CCN(c2nc3ccccn3c2[N+](=O)[O-])C1. The second-order valence-corrected chi connectivity index (χ2v) is 4.78. The number of hydrogen-bond donors (Lipinski definition) is 1. The minimum absolute atomic E-state index is 0.0780. The van der Waals surface area contributed by atoms with E-state index in [1.807, 2.05) is 0 Å². The lowest BCUT2D eigenvalue weighted by Crippen LogP contribution is -2.27. The zero-order chi connectivity index (χ0) is 14.3. The largest absolute Gasteiger partial charge is 0.372 e. The molecule has 8 heteroatoms. The van der Waals surface area contributed by atoms with E-state index in [0.717, 1.165) is 0 Å². The quantitative estimate of drug-likeness (QED) is 0.650. The first kappa shape index (κ1) is 12.4. The number of rotatable bonds is 3. The molecule has 1 saturated heterocycles. The predicted octanol–water partition coefficient (Wildman–Crippen LogP) is 0.554. The van der Waals surface area contributed by atoms with Crippen molar-refractivity contribution in [1.29, 1.82) is 0 Å². The Labute approximate surface area is 114 Å². The molecule has 0 radical (unpaired) electrons. The van der Waals surface area contributed by atoms with Gasteiger partial charge < -0.3 is 20.7 Å². The predicted molar refractivity (Wildman–Crippen MR) is 71.4 cm³/mol. The average molecular weight is 275 g/mol. The number of imidazole rings is 1. The molecule has 0 saturated carbocycles. The molecule has 1 aliphatic rings. The van der Waals surface area contributed by atoms with Gasteiger partial charge in [-0.3, -0.25) is 4.79 Å². The molecule has 0 aliphatic carbocycles. The van der Waals surface area contributed by atoms with Crippen LogP contribution < -0.4 is 10.6 Å². The molecule has 1 fully saturated rings. The molecule has 2 aromatic heterocycles. The Hall–Kier alpha value is -2.64. The normalized spacial score (nSPS) is 18.6. The molecule has 20 heavy (non-hydrogen) atoms. The number of amides is 1. The van der Waals surface area contributed by atoms with E-state index in [2.05, 4.69) is 4.98 Å². The van der Waals surface area contributed by atoms with Crippen molar-refractivity contribution in [2.45, 2.75) is 6.42 Å². The number of aromatic nitrogens is 2. The van der Waals surface area contributed by atoms with Crippen molar-refractivity contribution in [1.82, 2.24) is 9.38 Å². The van der Waals surface area contributed by atoms with Crippen LogP contribution in [0, 0.1) is 16.0 Å². The van der Waals surface area contributed by atoms with Gasteiger partial charge in [-0.05, 0) is 17.4 Å². The van der Waals surface area contributed by atoms with E-state index in [4.69, 9.17) is 5.73 Å². The van der Waals surface area contributed by atoms with Gasteiger partial charge in [0, 0.05) is 19.2 Å². The Balaban J connectivity index is 2.05. The van der Waals surface area contributed by atoms with Crippen LogP contribution in [0.25, 0.3) is 5.65 Å². The number of nitrogens with zero attached hydrogens (tertiary/aromatic N) is 4. The van der Waals surface area contributed by atoms with E-state index in [1.165, 1.54) is 4.40 Å². The molecule has 3 heterocycles. The topological polar surface area (TPSA) is 107 Å². The molecular weight excluding hydrogens is 262 g/mol. The first-order valence-corrected chi connectivity index (χ1v) is 6.23. The number of pyridine rings is 1. The van der Waals surface area contributed by atoms with E-state index in [1.54, 1.807) is 29.3 Å². The van der Waals surface area contributed by atoms with Crippen LogP contribution in [-0.4, -0.2) is 33.3 Å². The van der Waals surface area contributed by atoms with Crippen molar-refractivity contribution >= 4 is 23.2 Å². The first-order chi connectivity index (χ1) is 9.58. The van der Waals surface area contributed by atoms with E-state index in [-0.39, 0.29) is 17.6 Å². The minimum Gasteiger partial charge on any atom is -0.369 e. The third-order valence-corrected chi connectivity index (χ3v) is 3.55. The van der Waals surface area contributed by atoms with Crippen LogP contribution in [-0.2, 0) is 4.79 Å². The fraction of sp³-hybridized carbons (Fsp3) is 0.333. The summed E-state index contributed by atoms with van der Waals surface area (Å²) >= 11 is 0. The van der Waals surface area contributed by atoms with E-state index in [0.29, 0.717) is 31.0 Å². The molecule has 0 spiro atoms. The van der Waals surface area contributed by atoms with Gasteiger partial charge >= 0.3 is 5.82 Å². The lowest BCUT2D eigenvalue weighted by Gasteiger charge is -2.14. The summed E-state index contributed by atoms with van der Waals surface area (Å²) in [6.07, 6.45) is 2.20. The van der Waals surface area contributed by atoms with Crippen molar-refractivity contribution in [3.8, 4) is 0 Å². The number of fused-ring (bicyclic) bond motifs is 1. The average Bonchev–Trinajstić information content (AvgIpc) is 3.02. The number of primary amides is 1. The van der Waals surface area contributed by atoms with E-state index < -0.39 is 4.92 Å². The lowest BCUT2D eigenvalue weighted by molar-refractivity contribution is -0.389. The Morgan fingerprint density at radius 2 is 2.30 bits per heavy atom. The van der Waals surface area contributed by atoms with E-state index >= 15 is 0 Å². The minimum atomic E-state index is -0.451. The molecule has 1 unspecified atom stereocenters. The molecule has 1 amide bonds. The van der Waals surface area contributed by atoms with Crippen molar-refractivity contribution < 1.29 is 9.72 Å².